The van der Waals surface area contributed by atoms with Crippen LogP contribution in [0.2, 0.25) is 0 Å². The summed E-state index contributed by atoms with van der Waals surface area (Å²) < 4.78 is 0. The molecule has 102 valence electrons. The summed E-state index contributed by atoms with van der Waals surface area (Å²) in [7, 11) is 0. The lowest BCUT2D eigenvalue weighted by molar-refractivity contribution is 0.694. The zero-order valence-corrected chi connectivity index (χ0v) is 11.6. The number of fused-ring (bicyclic) bond motifs is 1. The van der Waals surface area contributed by atoms with Gasteiger partial charge in [-0.15, -0.1) is 0 Å². The molecule has 0 aliphatic heterocycles. The molecule has 1 aromatic carbocycles. The first kappa shape index (κ1) is 12.9. The Kier molecular flexibility index (Phi) is 3.52. The standard InChI is InChI=1S/C17H19N3/c1-12-17(15-4-2-3-5-16(15)20-12)14(11-18)10-13-6-8-19-9-7-13/h2-9,14,20H,10-11,18H2,1H3. The fraction of sp³-hybridized carbons (Fsp3) is 0.235. The van der Waals surface area contributed by atoms with E-state index >= 15 is 0 Å². The molecule has 0 saturated heterocycles. The topological polar surface area (TPSA) is 54.7 Å². The first-order chi connectivity index (χ1) is 9.79. The van der Waals surface area contributed by atoms with Gasteiger partial charge in [-0.25, -0.2) is 0 Å². The zero-order valence-electron chi connectivity index (χ0n) is 11.6. The number of nitrogens with zero attached hydrogens (tertiary/aromatic N) is 1. The molecule has 0 bridgehead atoms. The number of aromatic nitrogens is 2. The van der Waals surface area contributed by atoms with Crippen LogP contribution in [-0.4, -0.2) is 16.5 Å². The van der Waals surface area contributed by atoms with Crippen molar-refractivity contribution in [1.82, 2.24) is 9.97 Å². The van der Waals surface area contributed by atoms with E-state index in [4.69, 9.17) is 5.73 Å². The van der Waals surface area contributed by atoms with Gasteiger partial charge in [0.05, 0.1) is 0 Å². The molecule has 0 aliphatic carbocycles. The minimum absolute atomic E-state index is 0.327. The summed E-state index contributed by atoms with van der Waals surface area (Å²) in [6, 6.07) is 12.6. The summed E-state index contributed by atoms with van der Waals surface area (Å²) in [5.74, 6) is 0.327. The fourth-order valence-corrected chi connectivity index (χ4v) is 2.93. The smallest absolute Gasteiger partial charge is 0.0458 e. The van der Waals surface area contributed by atoms with Gasteiger partial charge < -0.3 is 10.7 Å². The molecule has 0 saturated carbocycles. The minimum atomic E-state index is 0.327. The lowest BCUT2D eigenvalue weighted by Gasteiger charge is -2.15. The highest BCUT2D eigenvalue weighted by atomic mass is 14.7. The van der Waals surface area contributed by atoms with Crippen LogP contribution in [0.5, 0.6) is 0 Å². The number of aromatic amines is 1. The predicted molar refractivity (Wildman–Crippen MR) is 82.8 cm³/mol. The maximum atomic E-state index is 6.04. The van der Waals surface area contributed by atoms with Gasteiger partial charge in [0.2, 0.25) is 0 Å². The average molecular weight is 265 g/mol. The van der Waals surface area contributed by atoms with Crippen molar-refractivity contribution in [2.75, 3.05) is 6.54 Å². The summed E-state index contributed by atoms with van der Waals surface area (Å²) in [6.45, 7) is 2.77. The van der Waals surface area contributed by atoms with Gasteiger partial charge in [0.15, 0.2) is 0 Å². The highest BCUT2D eigenvalue weighted by Crippen LogP contribution is 2.30. The van der Waals surface area contributed by atoms with E-state index in [1.54, 1.807) is 0 Å². The Bertz CT molecular complexity index is 701. The molecule has 3 rings (SSSR count). The van der Waals surface area contributed by atoms with Crippen LogP contribution >= 0.6 is 0 Å². The predicted octanol–water partition coefficient (Wildman–Crippen LogP) is 3.16. The van der Waals surface area contributed by atoms with Crippen LogP contribution in [0, 0.1) is 6.92 Å². The van der Waals surface area contributed by atoms with E-state index in [0.29, 0.717) is 12.5 Å². The van der Waals surface area contributed by atoms with E-state index in [1.165, 1.54) is 27.7 Å². The van der Waals surface area contributed by atoms with Crippen LogP contribution in [0.3, 0.4) is 0 Å². The number of pyridine rings is 1. The summed E-state index contributed by atoms with van der Waals surface area (Å²) in [4.78, 5) is 7.53. The molecular weight excluding hydrogens is 246 g/mol. The molecule has 2 heterocycles. The second kappa shape index (κ2) is 5.47. The maximum absolute atomic E-state index is 6.04. The van der Waals surface area contributed by atoms with Gasteiger partial charge in [-0.3, -0.25) is 4.98 Å². The molecule has 3 heteroatoms. The van der Waals surface area contributed by atoms with Gasteiger partial charge in [-0.05, 0) is 49.2 Å². The van der Waals surface area contributed by atoms with Crippen molar-refractivity contribution in [3.8, 4) is 0 Å². The lowest BCUT2D eigenvalue weighted by Crippen LogP contribution is -2.15. The van der Waals surface area contributed by atoms with Crippen LogP contribution < -0.4 is 5.73 Å². The Balaban J connectivity index is 2.01. The number of H-pyrrole nitrogens is 1. The Labute approximate surface area is 118 Å². The van der Waals surface area contributed by atoms with E-state index < -0.39 is 0 Å². The maximum Gasteiger partial charge on any atom is 0.0458 e. The molecule has 2 aromatic heterocycles. The van der Waals surface area contributed by atoms with Gasteiger partial charge in [-0.1, -0.05) is 18.2 Å². The monoisotopic (exact) mass is 265 g/mol. The molecule has 20 heavy (non-hydrogen) atoms. The number of rotatable bonds is 4. The molecule has 0 amide bonds. The van der Waals surface area contributed by atoms with Crippen molar-refractivity contribution >= 4 is 10.9 Å². The van der Waals surface area contributed by atoms with Gasteiger partial charge in [0.25, 0.3) is 0 Å². The number of para-hydroxylation sites is 1. The average Bonchev–Trinajstić information content (AvgIpc) is 2.82. The highest BCUT2D eigenvalue weighted by Gasteiger charge is 2.18. The van der Waals surface area contributed by atoms with E-state index in [2.05, 4.69) is 53.3 Å². The fourth-order valence-electron chi connectivity index (χ4n) is 2.93. The third kappa shape index (κ3) is 2.32. The first-order valence-corrected chi connectivity index (χ1v) is 6.95. The Morgan fingerprint density at radius 3 is 2.65 bits per heavy atom. The van der Waals surface area contributed by atoms with Crippen LogP contribution in [-0.2, 0) is 6.42 Å². The summed E-state index contributed by atoms with van der Waals surface area (Å²) in [6.07, 6.45) is 4.62. The molecule has 3 nitrogen and oxygen atoms in total. The molecule has 1 unspecified atom stereocenters. The Morgan fingerprint density at radius 2 is 1.90 bits per heavy atom. The molecule has 3 aromatic rings. The summed E-state index contributed by atoms with van der Waals surface area (Å²) in [5, 5.41) is 1.29. The number of aryl methyl sites for hydroxylation is 1. The molecule has 3 N–H and O–H groups in total. The third-order valence-electron chi connectivity index (χ3n) is 3.87. The molecule has 0 fully saturated rings. The van der Waals surface area contributed by atoms with E-state index in [-0.39, 0.29) is 0 Å². The number of hydrogen-bond donors (Lipinski definition) is 2. The molecule has 1 atom stereocenters. The largest absolute Gasteiger partial charge is 0.358 e. The molecule has 0 aliphatic rings. The van der Waals surface area contributed by atoms with E-state index in [9.17, 15) is 0 Å². The van der Waals surface area contributed by atoms with Crippen LogP contribution in [0.1, 0.15) is 22.7 Å². The molecular formula is C17H19N3. The zero-order chi connectivity index (χ0) is 13.9. The van der Waals surface area contributed by atoms with E-state index in [0.717, 1.165) is 6.42 Å². The van der Waals surface area contributed by atoms with Crippen molar-refractivity contribution in [3.05, 3.63) is 65.6 Å². The van der Waals surface area contributed by atoms with Gasteiger partial charge in [-0.2, -0.15) is 0 Å². The second-order valence-corrected chi connectivity index (χ2v) is 5.20. The van der Waals surface area contributed by atoms with Gasteiger partial charge in [0, 0.05) is 34.9 Å². The summed E-state index contributed by atoms with van der Waals surface area (Å²) in [5.41, 5.74) is 11.1. The van der Waals surface area contributed by atoms with Crippen LogP contribution in [0.15, 0.2) is 48.8 Å². The van der Waals surface area contributed by atoms with Gasteiger partial charge in [0.1, 0.15) is 0 Å². The van der Waals surface area contributed by atoms with E-state index in [1.807, 2.05) is 12.4 Å². The number of nitrogens with one attached hydrogen (secondary N) is 1. The Morgan fingerprint density at radius 1 is 1.15 bits per heavy atom. The van der Waals surface area contributed by atoms with Crippen molar-refractivity contribution in [3.63, 3.8) is 0 Å². The number of hydrogen-bond acceptors (Lipinski definition) is 2. The minimum Gasteiger partial charge on any atom is -0.358 e. The van der Waals surface area contributed by atoms with Crippen LogP contribution in [0.4, 0.5) is 0 Å². The highest BCUT2D eigenvalue weighted by molar-refractivity contribution is 5.85. The summed E-state index contributed by atoms with van der Waals surface area (Å²) >= 11 is 0. The molecule has 0 radical (unpaired) electrons. The van der Waals surface area contributed by atoms with Crippen molar-refractivity contribution < 1.29 is 0 Å². The Hall–Kier alpha value is -2.13. The normalized spacial score (nSPS) is 12.7. The van der Waals surface area contributed by atoms with Gasteiger partial charge >= 0.3 is 0 Å². The third-order valence-corrected chi connectivity index (χ3v) is 3.87. The lowest BCUT2D eigenvalue weighted by atomic mass is 9.90. The first-order valence-electron chi connectivity index (χ1n) is 6.95. The SMILES string of the molecule is Cc1[nH]c2ccccc2c1C(CN)Cc1ccncc1. The quantitative estimate of drug-likeness (QED) is 0.761. The number of nitrogens with two attached hydrogens (primary N) is 1. The van der Waals surface area contributed by atoms with Crippen molar-refractivity contribution in [2.45, 2.75) is 19.3 Å². The van der Waals surface area contributed by atoms with Crippen LogP contribution in [0.25, 0.3) is 10.9 Å². The number of benzene rings is 1. The van der Waals surface area contributed by atoms with Crippen molar-refractivity contribution in [1.29, 1.82) is 0 Å². The second-order valence-electron chi connectivity index (χ2n) is 5.20. The molecule has 0 spiro atoms. The van der Waals surface area contributed by atoms with Crippen molar-refractivity contribution in [2.24, 2.45) is 5.73 Å².